The Bertz CT molecular complexity index is 547. The fourth-order valence-corrected chi connectivity index (χ4v) is 4.47. The van der Waals surface area contributed by atoms with Crippen LogP contribution in [0.1, 0.15) is 106 Å². The van der Waals surface area contributed by atoms with Crippen LogP contribution >= 0.6 is 0 Å². The standard InChI is InChI=1S/C14H19.2C10H15.Y/c1-3-5-7-10-13(4-2)14-11-8-6-9-12-14;2*1-6-7(2)9(4)10(5)8(6)3;/h4,6,8-9,11-13H,1-3,5,7,10H2;2*1-5H3;/q-1;;;. The summed E-state index contributed by atoms with van der Waals surface area (Å²) < 4.78 is 0. The fourth-order valence-electron chi connectivity index (χ4n) is 4.47. The van der Waals surface area contributed by atoms with Gasteiger partial charge in [-0.3, -0.25) is 0 Å². The van der Waals surface area contributed by atoms with Crippen molar-refractivity contribution in [2.45, 2.75) is 101 Å². The number of allylic oxidation sites excluding steroid dienone is 1. The molecule has 0 nitrogen and oxygen atoms in total. The Morgan fingerprint density at radius 1 is 0.600 bits per heavy atom. The molecule has 0 aliphatic heterocycles. The minimum Gasteiger partial charge on any atom is -0.343 e. The van der Waals surface area contributed by atoms with Crippen molar-refractivity contribution >= 4 is 0 Å². The van der Waals surface area contributed by atoms with Crippen molar-refractivity contribution in [3.05, 3.63) is 115 Å². The molecule has 11 radical (unpaired) electrons. The zero-order valence-electron chi connectivity index (χ0n) is 24.4. The summed E-state index contributed by atoms with van der Waals surface area (Å²) in [6.45, 7) is 29.7. The molecular weight excluding hydrogens is 497 g/mol. The Balaban J connectivity index is 0.000000499. The van der Waals surface area contributed by atoms with Gasteiger partial charge in [0, 0.05) is 38.6 Å². The quantitative estimate of drug-likeness (QED) is 0.189. The first-order chi connectivity index (χ1) is 16.0. The van der Waals surface area contributed by atoms with E-state index in [0.717, 1.165) is 6.42 Å². The minimum atomic E-state index is 0. The second kappa shape index (κ2) is 17.6. The van der Waals surface area contributed by atoms with E-state index in [1.165, 1.54) is 84.0 Å². The summed E-state index contributed by atoms with van der Waals surface area (Å²) in [6, 6.07) is 10.6. The molecule has 1 aromatic rings. The molecule has 0 N–H and O–H groups in total. The molecule has 1 unspecified atom stereocenters. The molecule has 2 fully saturated rings. The molecule has 1 atom stereocenters. The maximum Gasteiger partial charge on any atom is 0.00152 e. The molecule has 1 aromatic carbocycles. The Kier molecular flexibility index (Phi) is 17.6. The molecule has 0 amide bonds. The van der Waals surface area contributed by atoms with Gasteiger partial charge >= 0.3 is 0 Å². The maximum atomic E-state index is 3.90. The summed E-state index contributed by atoms with van der Waals surface area (Å²) >= 11 is 0. The fraction of sp³-hybridized carbons (Fsp3) is 0.441. The molecule has 0 heterocycles. The summed E-state index contributed by atoms with van der Waals surface area (Å²) in [4.78, 5) is 0. The largest absolute Gasteiger partial charge is 0.343 e. The van der Waals surface area contributed by atoms with E-state index in [9.17, 15) is 0 Å². The van der Waals surface area contributed by atoms with Crippen LogP contribution in [0.15, 0.2) is 43.0 Å². The first kappa shape index (κ1) is 35.1. The van der Waals surface area contributed by atoms with Gasteiger partial charge in [0.2, 0.25) is 0 Å². The molecule has 2 aliphatic carbocycles. The van der Waals surface area contributed by atoms with Crippen LogP contribution < -0.4 is 0 Å². The van der Waals surface area contributed by atoms with Gasteiger partial charge in [-0.1, -0.05) is 118 Å². The van der Waals surface area contributed by atoms with Crippen LogP contribution in [-0.2, 0) is 32.7 Å². The van der Waals surface area contributed by atoms with Gasteiger partial charge in [0.15, 0.2) is 0 Å². The first-order valence-electron chi connectivity index (χ1n) is 12.8. The molecule has 35 heavy (non-hydrogen) atoms. The van der Waals surface area contributed by atoms with Crippen LogP contribution in [-0.4, -0.2) is 0 Å². The molecule has 1 heteroatoms. The summed E-state index contributed by atoms with van der Waals surface area (Å²) in [6.07, 6.45) is 6.76. The first-order valence-corrected chi connectivity index (χ1v) is 12.8. The van der Waals surface area contributed by atoms with Gasteiger partial charge < -0.3 is 6.92 Å². The number of hydrogen-bond acceptors (Lipinski definition) is 0. The van der Waals surface area contributed by atoms with Gasteiger partial charge in [0.25, 0.3) is 0 Å². The van der Waals surface area contributed by atoms with Crippen molar-refractivity contribution in [1.29, 1.82) is 0 Å². The average Bonchev–Trinajstić information content (AvgIpc) is 3.13. The predicted molar refractivity (Wildman–Crippen MR) is 152 cm³/mol. The summed E-state index contributed by atoms with van der Waals surface area (Å²) in [5.74, 6) is 15.2. The third-order valence-corrected chi connectivity index (χ3v) is 8.15. The SMILES string of the molecule is C=CC(CCCC[CH2-])c1ccccc1.C[C]1[C](C)[C](C)[C](C)[C]1C.C[C]1[C](C)[C](C)[C](C)[C]1C.[Y]. The van der Waals surface area contributed by atoms with E-state index < -0.39 is 0 Å². The van der Waals surface area contributed by atoms with Crippen molar-refractivity contribution in [1.82, 2.24) is 0 Å². The molecule has 0 aromatic heterocycles. The van der Waals surface area contributed by atoms with E-state index in [-0.39, 0.29) is 32.7 Å². The number of rotatable bonds is 6. The summed E-state index contributed by atoms with van der Waals surface area (Å²) in [5, 5.41) is 0. The zero-order chi connectivity index (χ0) is 26.0. The number of hydrogen-bond donors (Lipinski definition) is 0. The van der Waals surface area contributed by atoms with E-state index in [1.807, 2.05) is 0 Å². The molecular formula is C34H49Y-. The normalized spacial score (nSPS) is 21.2. The third-order valence-electron chi connectivity index (χ3n) is 8.15. The second-order valence-corrected chi connectivity index (χ2v) is 9.85. The zero-order valence-corrected chi connectivity index (χ0v) is 27.2. The Labute approximate surface area is 246 Å². The molecule has 3 rings (SSSR count). The monoisotopic (exact) mass is 546 g/mol. The molecule has 189 valence electrons. The second-order valence-electron chi connectivity index (χ2n) is 9.85. The topological polar surface area (TPSA) is 0 Å². The molecule has 2 aliphatic rings. The van der Waals surface area contributed by atoms with E-state index in [0.29, 0.717) is 5.92 Å². The van der Waals surface area contributed by atoms with Crippen molar-refractivity contribution in [3.8, 4) is 0 Å². The van der Waals surface area contributed by atoms with Gasteiger partial charge in [-0.2, -0.15) is 6.42 Å². The Morgan fingerprint density at radius 2 is 0.914 bits per heavy atom. The number of benzene rings is 1. The Hall–Kier alpha value is 0.0639. The predicted octanol–water partition coefficient (Wildman–Crippen LogP) is 10.3. The minimum absolute atomic E-state index is 0. The van der Waals surface area contributed by atoms with Gasteiger partial charge in [0.1, 0.15) is 0 Å². The van der Waals surface area contributed by atoms with Gasteiger partial charge in [0.05, 0.1) is 0 Å². The van der Waals surface area contributed by atoms with Crippen LogP contribution in [0.2, 0.25) is 0 Å². The van der Waals surface area contributed by atoms with Crippen molar-refractivity contribution in [2.24, 2.45) is 0 Å². The van der Waals surface area contributed by atoms with Crippen molar-refractivity contribution < 1.29 is 32.7 Å². The van der Waals surface area contributed by atoms with Crippen LogP contribution in [0.25, 0.3) is 0 Å². The molecule has 0 saturated heterocycles. The third kappa shape index (κ3) is 10.0. The van der Waals surface area contributed by atoms with Crippen LogP contribution in [0, 0.1) is 66.1 Å². The average molecular weight is 547 g/mol. The van der Waals surface area contributed by atoms with Crippen molar-refractivity contribution in [3.63, 3.8) is 0 Å². The Morgan fingerprint density at radius 3 is 1.17 bits per heavy atom. The molecule has 0 spiro atoms. The van der Waals surface area contributed by atoms with Crippen LogP contribution in [0.5, 0.6) is 0 Å². The number of unbranched alkanes of at least 4 members (excludes halogenated alkanes) is 2. The molecule has 0 bridgehead atoms. The van der Waals surface area contributed by atoms with Gasteiger partial charge in [-0.25, -0.2) is 0 Å². The van der Waals surface area contributed by atoms with Crippen LogP contribution in [0.4, 0.5) is 0 Å². The smallest absolute Gasteiger partial charge is 0.00152 e. The van der Waals surface area contributed by atoms with E-state index in [2.05, 4.69) is 119 Å². The van der Waals surface area contributed by atoms with E-state index in [1.54, 1.807) is 0 Å². The van der Waals surface area contributed by atoms with Gasteiger partial charge in [-0.15, -0.1) is 6.58 Å². The molecule has 2 saturated carbocycles. The van der Waals surface area contributed by atoms with Crippen molar-refractivity contribution in [2.75, 3.05) is 0 Å². The van der Waals surface area contributed by atoms with Gasteiger partial charge in [-0.05, 0) is 71.2 Å². The van der Waals surface area contributed by atoms with Crippen LogP contribution in [0.3, 0.4) is 0 Å². The summed E-state index contributed by atoms with van der Waals surface area (Å²) in [5.41, 5.74) is 1.38. The van der Waals surface area contributed by atoms with E-state index in [4.69, 9.17) is 0 Å². The maximum absolute atomic E-state index is 3.90. The van der Waals surface area contributed by atoms with E-state index >= 15 is 0 Å². The summed E-state index contributed by atoms with van der Waals surface area (Å²) in [7, 11) is 0.